The van der Waals surface area contributed by atoms with Gasteiger partial charge in [-0.25, -0.2) is 13.2 Å². The Balaban J connectivity index is 1.89. The molecule has 0 saturated heterocycles. The molecule has 8 heteroatoms. The molecule has 168 valence electrons. The Morgan fingerprint density at radius 2 is 1.72 bits per heavy atom. The zero-order valence-electron chi connectivity index (χ0n) is 17.6. The number of halogens is 1. The van der Waals surface area contributed by atoms with E-state index in [0.29, 0.717) is 22.8 Å². The molecule has 3 rings (SSSR count). The van der Waals surface area contributed by atoms with Gasteiger partial charge in [-0.2, -0.15) is 4.31 Å². The maximum absolute atomic E-state index is 13.4. The number of nitrogens with zero attached hydrogens (tertiary/aromatic N) is 1. The molecule has 3 aromatic rings. The van der Waals surface area contributed by atoms with Crippen LogP contribution in [0.1, 0.15) is 27.9 Å². The molecule has 0 fully saturated rings. The first-order valence-corrected chi connectivity index (χ1v) is 11.8. The van der Waals surface area contributed by atoms with Gasteiger partial charge in [-0.15, -0.1) is 0 Å². The predicted octanol–water partition coefficient (Wildman–Crippen LogP) is 4.87. The minimum atomic E-state index is -3.82. The summed E-state index contributed by atoms with van der Waals surface area (Å²) < 4.78 is 33.6. The first-order valence-electron chi connectivity index (χ1n) is 10.0. The minimum absolute atomic E-state index is 0.0445. The molecule has 0 amide bonds. The molecule has 0 atom stereocenters. The number of aryl methyl sites for hydroxylation is 1. The molecule has 32 heavy (non-hydrogen) atoms. The lowest BCUT2D eigenvalue weighted by atomic mass is 10.1. The fraction of sp³-hybridized carbons (Fsp3) is 0.208. The SMILES string of the molecule is COc1cc(C(=O)O)ccc1CN(CCCc1ccccc1)S(=O)(=O)c1ccc(Cl)cc1. The van der Waals surface area contributed by atoms with Crippen molar-refractivity contribution in [1.82, 2.24) is 4.31 Å². The van der Waals surface area contributed by atoms with Gasteiger partial charge in [0.2, 0.25) is 10.0 Å². The van der Waals surface area contributed by atoms with E-state index in [4.69, 9.17) is 16.3 Å². The van der Waals surface area contributed by atoms with Gasteiger partial charge in [0.15, 0.2) is 0 Å². The molecule has 0 saturated carbocycles. The van der Waals surface area contributed by atoms with Crippen molar-refractivity contribution >= 4 is 27.6 Å². The number of hydrogen-bond donors (Lipinski definition) is 1. The summed E-state index contributed by atoms with van der Waals surface area (Å²) in [5.74, 6) is -0.757. The van der Waals surface area contributed by atoms with E-state index in [0.717, 1.165) is 12.0 Å². The van der Waals surface area contributed by atoms with Crippen molar-refractivity contribution < 1.29 is 23.1 Å². The Morgan fingerprint density at radius 3 is 2.34 bits per heavy atom. The number of carboxylic acids is 1. The summed E-state index contributed by atoms with van der Waals surface area (Å²) in [5.41, 5.74) is 1.77. The highest BCUT2D eigenvalue weighted by Gasteiger charge is 2.26. The summed E-state index contributed by atoms with van der Waals surface area (Å²) in [6.45, 7) is 0.326. The Bertz CT molecular complexity index is 1160. The van der Waals surface area contributed by atoms with Crippen LogP contribution in [0.15, 0.2) is 77.7 Å². The topological polar surface area (TPSA) is 83.9 Å². The number of hydrogen-bond acceptors (Lipinski definition) is 4. The molecule has 0 aliphatic carbocycles. The number of benzene rings is 3. The van der Waals surface area contributed by atoms with Crippen LogP contribution in [0.2, 0.25) is 5.02 Å². The molecular formula is C24H24ClNO5S. The van der Waals surface area contributed by atoms with Gasteiger partial charge >= 0.3 is 5.97 Å². The van der Waals surface area contributed by atoms with Crippen LogP contribution in [0.4, 0.5) is 0 Å². The summed E-state index contributed by atoms with van der Waals surface area (Å²) in [5, 5.41) is 9.68. The van der Waals surface area contributed by atoms with E-state index in [1.54, 1.807) is 18.2 Å². The number of carbonyl (C=O) groups is 1. The quantitative estimate of drug-likeness (QED) is 0.454. The molecule has 0 aromatic heterocycles. The van der Waals surface area contributed by atoms with Crippen molar-refractivity contribution in [1.29, 1.82) is 0 Å². The third-order valence-corrected chi connectivity index (χ3v) is 7.16. The lowest BCUT2D eigenvalue weighted by Gasteiger charge is -2.23. The lowest BCUT2D eigenvalue weighted by Crippen LogP contribution is -2.32. The molecule has 0 aliphatic heterocycles. The first-order chi connectivity index (χ1) is 15.3. The molecule has 0 bridgehead atoms. The third-order valence-electron chi connectivity index (χ3n) is 5.05. The van der Waals surface area contributed by atoms with Gasteiger partial charge in [-0.05, 0) is 54.8 Å². The number of aromatic carboxylic acids is 1. The van der Waals surface area contributed by atoms with Gasteiger partial charge in [-0.3, -0.25) is 0 Å². The van der Waals surface area contributed by atoms with E-state index >= 15 is 0 Å². The van der Waals surface area contributed by atoms with Gasteiger partial charge in [-0.1, -0.05) is 48.0 Å². The van der Waals surface area contributed by atoms with Crippen molar-refractivity contribution in [2.45, 2.75) is 24.3 Å². The molecule has 0 unspecified atom stereocenters. The average Bonchev–Trinajstić information content (AvgIpc) is 2.79. The third kappa shape index (κ3) is 5.88. The summed E-state index contributed by atoms with van der Waals surface area (Å²) in [7, 11) is -2.39. The van der Waals surface area contributed by atoms with Crippen molar-refractivity contribution in [3.8, 4) is 5.75 Å². The summed E-state index contributed by atoms with van der Waals surface area (Å²) in [4.78, 5) is 11.4. The van der Waals surface area contributed by atoms with Gasteiger partial charge < -0.3 is 9.84 Å². The van der Waals surface area contributed by atoms with E-state index in [1.165, 1.54) is 35.7 Å². The van der Waals surface area contributed by atoms with Gasteiger partial charge in [0.25, 0.3) is 0 Å². The first kappa shape index (κ1) is 23.8. The van der Waals surface area contributed by atoms with Crippen LogP contribution in [0, 0.1) is 0 Å². The highest BCUT2D eigenvalue weighted by molar-refractivity contribution is 7.89. The Kier molecular flexibility index (Phi) is 7.90. The van der Waals surface area contributed by atoms with E-state index in [2.05, 4.69) is 0 Å². The smallest absolute Gasteiger partial charge is 0.335 e. The van der Waals surface area contributed by atoms with Crippen LogP contribution in [0.25, 0.3) is 0 Å². The van der Waals surface area contributed by atoms with Gasteiger partial charge in [0.05, 0.1) is 17.6 Å². The van der Waals surface area contributed by atoms with Crippen LogP contribution in [0.5, 0.6) is 5.75 Å². The fourth-order valence-electron chi connectivity index (χ4n) is 3.34. The van der Waals surface area contributed by atoms with Crippen molar-refractivity contribution in [3.05, 3.63) is 94.5 Å². The number of methoxy groups -OCH3 is 1. The summed E-state index contributed by atoms with van der Waals surface area (Å²) in [6, 6.07) is 20.3. The van der Waals surface area contributed by atoms with Crippen LogP contribution < -0.4 is 4.74 Å². The predicted molar refractivity (Wildman–Crippen MR) is 124 cm³/mol. The van der Waals surface area contributed by atoms with E-state index in [1.807, 2.05) is 30.3 Å². The van der Waals surface area contributed by atoms with Crippen LogP contribution in [-0.2, 0) is 23.0 Å². The molecule has 0 spiro atoms. The monoisotopic (exact) mass is 473 g/mol. The number of ether oxygens (including phenoxy) is 1. The largest absolute Gasteiger partial charge is 0.496 e. The van der Waals surface area contributed by atoms with Gasteiger partial charge in [0, 0.05) is 23.7 Å². The van der Waals surface area contributed by atoms with Crippen molar-refractivity contribution in [2.24, 2.45) is 0 Å². The maximum atomic E-state index is 13.4. The minimum Gasteiger partial charge on any atom is -0.496 e. The van der Waals surface area contributed by atoms with Crippen LogP contribution >= 0.6 is 11.6 Å². The summed E-state index contributed by atoms with van der Waals surface area (Å²) >= 11 is 5.93. The molecule has 3 aromatic carbocycles. The van der Waals surface area contributed by atoms with Crippen LogP contribution in [-0.4, -0.2) is 37.5 Å². The fourth-order valence-corrected chi connectivity index (χ4v) is 4.92. The second-order valence-corrected chi connectivity index (χ2v) is 9.59. The van der Waals surface area contributed by atoms with E-state index < -0.39 is 16.0 Å². The van der Waals surface area contributed by atoms with Crippen molar-refractivity contribution in [2.75, 3.05) is 13.7 Å². The summed E-state index contributed by atoms with van der Waals surface area (Å²) in [6.07, 6.45) is 1.34. The highest BCUT2D eigenvalue weighted by Crippen LogP contribution is 2.26. The van der Waals surface area contributed by atoms with E-state index in [9.17, 15) is 18.3 Å². The molecular weight excluding hydrogens is 450 g/mol. The normalized spacial score (nSPS) is 11.5. The maximum Gasteiger partial charge on any atom is 0.335 e. The Hall–Kier alpha value is -2.87. The van der Waals surface area contributed by atoms with Crippen molar-refractivity contribution in [3.63, 3.8) is 0 Å². The number of rotatable bonds is 10. The Labute approximate surface area is 193 Å². The standard InChI is InChI=1S/C24H24ClNO5S/c1-31-23-16-19(24(27)28)9-10-20(23)17-26(15-5-8-18-6-3-2-4-7-18)32(29,30)22-13-11-21(25)12-14-22/h2-4,6-7,9-14,16H,5,8,15,17H2,1H3,(H,27,28). The highest BCUT2D eigenvalue weighted by atomic mass is 35.5. The van der Waals surface area contributed by atoms with Gasteiger partial charge in [0.1, 0.15) is 5.75 Å². The lowest BCUT2D eigenvalue weighted by molar-refractivity contribution is 0.0696. The van der Waals surface area contributed by atoms with Crippen LogP contribution in [0.3, 0.4) is 0 Å². The second kappa shape index (κ2) is 10.6. The van der Waals surface area contributed by atoms with E-state index in [-0.39, 0.29) is 23.5 Å². The molecule has 0 radical (unpaired) electrons. The zero-order valence-corrected chi connectivity index (χ0v) is 19.1. The Morgan fingerprint density at radius 1 is 1.03 bits per heavy atom. The molecule has 0 heterocycles. The molecule has 6 nitrogen and oxygen atoms in total. The average molecular weight is 474 g/mol. The number of carboxylic acid groups (broad SMARTS) is 1. The zero-order chi connectivity index (χ0) is 23.1. The number of sulfonamides is 1. The molecule has 1 N–H and O–H groups in total. The second-order valence-electron chi connectivity index (χ2n) is 7.21. The molecule has 0 aliphatic rings.